The Hall–Kier alpha value is -0.870. The van der Waals surface area contributed by atoms with E-state index < -0.39 is 0 Å². The van der Waals surface area contributed by atoms with E-state index >= 15 is 0 Å². The lowest BCUT2D eigenvalue weighted by Crippen LogP contribution is -2.52. The van der Waals surface area contributed by atoms with Gasteiger partial charge in [0.25, 0.3) is 5.91 Å². The highest BCUT2D eigenvalue weighted by molar-refractivity contribution is 9.10. The molecule has 1 aromatic rings. The molecule has 0 saturated carbocycles. The van der Waals surface area contributed by atoms with Gasteiger partial charge in [-0.05, 0) is 41.9 Å². The van der Waals surface area contributed by atoms with Crippen molar-refractivity contribution in [2.24, 2.45) is 0 Å². The second-order valence-corrected chi connectivity index (χ2v) is 5.39. The molecule has 2 rings (SSSR count). The summed E-state index contributed by atoms with van der Waals surface area (Å²) >= 11 is 3.45. The molecule has 1 amide bonds. The summed E-state index contributed by atoms with van der Waals surface area (Å²) in [6, 6.07) is 6.14. The minimum absolute atomic E-state index is 0.120. The van der Waals surface area contributed by atoms with E-state index in [4.69, 9.17) is 0 Å². The van der Waals surface area contributed by atoms with E-state index in [1.165, 1.54) is 0 Å². The number of hydrogen-bond acceptors (Lipinski definition) is 2. The third kappa shape index (κ3) is 2.69. The number of halogens is 1. The second-order valence-electron chi connectivity index (χ2n) is 4.53. The van der Waals surface area contributed by atoms with Crippen molar-refractivity contribution < 1.29 is 4.79 Å². The van der Waals surface area contributed by atoms with Crippen LogP contribution in [-0.2, 0) is 0 Å². The summed E-state index contributed by atoms with van der Waals surface area (Å²) in [5, 5.41) is 3.29. The predicted octanol–water partition coefficient (Wildman–Crippen LogP) is 2.19. The molecule has 1 saturated heterocycles. The molecular formula is C13H17BrN2O. The number of nitrogens with one attached hydrogen (secondary N) is 1. The van der Waals surface area contributed by atoms with E-state index in [0.717, 1.165) is 35.2 Å². The molecule has 0 bridgehead atoms. The van der Waals surface area contributed by atoms with Gasteiger partial charge in [0.15, 0.2) is 0 Å². The summed E-state index contributed by atoms with van der Waals surface area (Å²) < 4.78 is 0.874. The molecule has 3 nitrogen and oxygen atoms in total. The quantitative estimate of drug-likeness (QED) is 0.862. The highest BCUT2D eigenvalue weighted by Crippen LogP contribution is 2.21. The maximum atomic E-state index is 12.5. The van der Waals surface area contributed by atoms with E-state index in [9.17, 15) is 4.79 Å². The Morgan fingerprint density at radius 1 is 1.53 bits per heavy atom. The van der Waals surface area contributed by atoms with Gasteiger partial charge in [-0.3, -0.25) is 4.79 Å². The zero-order valence-corrected chi connectivity index (χ0v) is 11.8. The number of carbonyl (C=O) groups excluding carboxylic acids is 1. The first-order valence-corrected chi connectivity index (χ1v) is 6.66. The summed E-state index contributed by atoms with van der Waals surface area (Å²) in [5.41, 5.74) is 1.87. The average molecular weight is 297 g/mol. The summed E-state index contributed by atoms with van der Waals surface area (Å²) in [7, 11) is 0. The van der Waals surface area contributed by atoms with Crippen LogP contribution >= 0.6 is 15.9 Å². The molecule has 0 radical (unpaired) electrons. The summed E-state index contributed by atoms with van der Waals surface area (Å²) in [5.74, 6) is 0.120. The minimum Gasteiger partial charge on any atom is -0.333 e. The second kappa shape index (κ2) is 5.19. The number of rotatable bonds is 1. The minimum atomic E-state index is 0.120. The van der Waals surface area contributed by atoms with Crippen LogP contribution in [0.2, 0.25) is 0 Å². The van der Waals surface area contributed by atoms with Crippen molar-refractivity contribution in [3.05, 3.63) is 33.8 Å². The highest BCUT2D eigenvalue weighted by atomic mass is 79.9. The van der Waals surface area contributed by atoms with Gasteiger partial charge >= 0.3 is 0 Å². The maximum absolute atomic E-state index is 12.5. The van der Waals surface area contributed by atoms with E-state index in [-0.39, 0.29) is 11.9 Å². The molecule has 4 heteroatoms. The SMILES string of the molecule is Cc1ccc(Br)c(C(=O)N2CCNC[C@@H]2C)c1. The van der Waals surface area contributed by atoms with Gasteiger partial charge in [0.2, 0.25) is 0 Å². The molecule has 1 N–H and O–H groups in total. The molecule has 17 heavy (non-hydrogen) atoms. The van der Waals surface area contributed by atoms with Gasteiger partial charge in [-0.15, -0.1) is 0 Å². The largest absolute Gasteiger partial charge is 0.333 e. The Labute approximate surface area is 110 Å². The normalized spacial score (nSPS) is 20.4. The van der Waals surface area contributed by atoms with E-state index in [1.807, 2.05) is 30.0 Å². The van der Waals surface area contributed by atoms with Crippen LogP contribution in [0.1, 0.15) is 22.8 Å². The average Bonchev–Trinajstić information content (AvgIpc) is 2.32. The number of nitrogens with zero attached hydrogens (tertiary/aromatic N) is 1. The van der Waals surface area contributed by atoms with Crippen LogP contribution in [0.5, 0.6) is 0 Å². The molecule has 1 heterocycles. The highest BCUT2D eigenvalue weighted by Gasteiger charge is 2.25. The molecule has 1 fully saturated rings. The summed E-state index contributed by atoms with van der Waals surface area (Å²) in [4.78, 5) is 14.4. The number of benzene rings is 1. The Balaban J connectivity index is 2.26. The molecule has 1 aliphatic rings. The van der Waals surface area contributed by atoms with E-state index in [0.29, 0.717) is 0 Å². The molecule has 0 unspecified atom stereocenters. The molecule has 92 valence electrons. The van der Waals surface area contributed by atoms with Gasteiger partial charge in [0.05, 0.1) is 5.56 Å². The smallest absolute Gasteiger partial charge is 0.255 e. The fourth-order valence-electron chi connectivity index (χ4n) is 2.10. The first-order valence-electron chi connectivity index (χ1n) is 5.87. The zero-order valence-electron chi connectivity index (χ0n) is 10.2. The van der Waals surface area contributed by atoms with Crippen LogP contribution in [0.15, 0.2) is 22.7 Å². The third-order valence-corrected chi connectivity index (χ3v) is 3.81. The van der Waals surface area contributed by atoms with Crippen molar-refractivity contribution in [2.75, 3.05) is 19.6 Å². The standard InChI is InChI=1S/C13H17BrN2O/c1-9-3-4-12(14)11(7-9)13(17)16-6-5-15-8-10(16)2/h3-4,7,10,15H,5-6,8H2,1-2H3/t10-/m0/s1. The lowest BCUT2D eigenvalue weighted by molar-refractivity contribution is 0.0654. The molecule has 0 aliphatic carbocycles. The van der Waals surface area contributed by atoms with Crippen LogP contribution in [0.4, 0.5) is 0 Å². The Bertz CT molecular complexity index is 433. The Morgan fingerprint density at radius 2 is 2.29 bits per heavy atom. The molecule has 0 aromatic heterocycles. The monoisotopic (exact) mass is 296 g/mol. The van der Waals surface area contributed by atoms with Crippen molar-refractivity contribution in [3.63, 3.8) is 0 Å². The zero-order chi connectivity index (χ0) is 12.4. The van der Waals surface area contributed by atoms with Gasteiger partial charge in [-0.1, -0.05) is 11.6 Å². The third-order valence-electron chi connectivity index (χ3n) is 3.11. The fraction of sp³-hybridized carbons (Fsp3) is 0.462. The number of piperazine rings is 1. The molecule has 1 atom stereocenters. The van der Waals surface area contributed by atoms with Gasteiger partial charge in [-0.25, -0.2) is 0 Å². The predicted molar refractivity (Wildman–Crippen MR) is 72.2 cm³/mol. The lowest BCUT2D eigenvalue weighted by atomic mass is 10.1. The number of amides is 1. The van der Waals surface area contributed by atoms with Crippen molar-refractivity contribution in [1.29, 1.82) is 0 Å². The van der Waals surface area contributed by atoms with E-state index in [1.54, 1.807) is 0 Å². The van der Waals surface area contributed by atoms with Crippen LogP contribution in [0.25, 0.3) is 0 Å². The van der Waals surface area contributed by atoms with Gasteiger partial charge < -0.3 is 10.2 Å². The van der Waals surface area contributed by atoms with Crippen LogP contribution < -0.4 is 5.32 Å². The Morgan fingerprint density at radius 3 is 3.00 bits per heavy atom. The Kier molecular flexibility index (Phi) is 3.84. The maximum Gasteiger partial charge on any atom is 0.255 e. The molecule has 0 spiro atoms. The van der Waals surface area contributed by atoms with Crippen LogP contribution in [0.3, 0.4) is 0 Å². The van der Waals surface area contributed by atoms with E-state index in [2.05, 4.69) is 28.2 Å². The lowest BCUT2D eigenvalue weighted by Gasteiger charge is -2.34. The van der Waals surface area contributed by atoms with Crippen molar-refractivity contribution in [3.8, 4) is 0 Å². The van der Waals surface area contributed by atoms with Crippen molar-refractivity contribution in [2.45, 2.75) is 19.9 Å². The van der Waals surface area contributed by atoms with Gasteiger partial charge in [0, 0.05) is 30.1 Å². The molecule has 1 aliphatic heterocycles. The van der Waals surface area contributed by atoms with Crippen molar-refractivity contribution >= 4 is 21.8 Å². The number of aryl methyl sites for hydroxylation is 1. The fourth-order valence-corrected chi connectivity index (χ4v) is 2.52. The van der Waals surface area contributed by atoms with Crippen molar-refractivity contribution in [1.82, 2.24) is 10.2 Å². The summed E-state index contributed by atoms with van der Waals surface area (Å²) in [6.07, 6.45) is 0. The summed E-state index contributed by atoms with van der Waals surface area (Å²) in [6.45, 7) is 6.60. The van der Waals surface area contributed by atoms with Gasteiger partial charge in [0.1, 0.15) is 0 Å². The van der Waals surface area contributed by atoms with Gasteiger partial charge in [-0.2, -0.15) is 0 Å². The first-order chi connectivity index (χ1) is 8.09. The van der Waals surface area contributed by atoms with Crippen LogP contribution in [0, 0.1) is 6.92 Å². The topological polar surface area (TPSA) is 32.3 Å². The number of carbonyl (C=O) groups is 1. The van der Waals surface area contributed by atoms with Crippen LogP contribution in [-0.4, -0.2) is 36.5 Å². The molecule has 1 aromatic carbocycles. The first kappa shape index (κ1) is 12.6. The number of hydrogen-bond donors (Lipinski definition) is 1. The molecular weight excluding hydrogens is 280 g/mol.